The van der Waals surface area contributed by atoms with Crippen molar-refractivity contribution in [1.29, 1.82) is 0 Å². The normalized spacial score (nSPS) is 33.5. The average Bonchev–Trinajstić information content (AvgIpc) is 2.45. The Kier molecular flexibility index (Phi) is 3.65. The van der Waals surface area contributed by atoms with E-state index in [1.54, 1.807) is 11.8 Å². The molecule has 0 heterocycles. The van der Waals surface area contributed by atoms with Crippen LogP contribution in [0.15, 0.2) is 0 Å². The zero-order valence-corrected chi connectivity index (χ0v) is 9.19. The van der Waals surface area contributed by atoms with E-state index in [1.165, 1.54) is 0 Å². The molecule has 0 aromatic rings. The van der Waals surface area contributed by atoms with Crippen LogP contribution in [-0.2, 0) is 4.79 Å². The van der Waals surface area contributed by atoms with Crippen molar-refractivity contribution in [3.05, 3.63) is 0 Å². The Balaban J connectivity index is 2.68. The highest BCUT2D eigenvalue weighted by molar-refractivity contribution is 8.01. The summed E-state index contributed by atoms with van der Waals surface area (Å²) in [7, 11) is 0. The zero-order valence-electron chi connectivity index (χ0n) is 8.38. The van der Waals surface area contributed by atoms with Crippen molar-refractivity contribution < 1.29 is 9.90 Å². The van der Waals surface area contributed by atoms with Crippen LogP contribution in [0, 0.1) is 5.92 Å². The molecule has 0 aromatic heterocycles. The van der Waals surface area contributed by atoms with E-state index in [-0.39, 0.29) is 0 Å². The van der Waals surface area contributed by atoms with Gasteiger partial charge in [-0.3, -0.25) is 4.79 Å². The molecule has 0 bridgehead atoms. The lowest BCUT2D eigenvalue weighted by molar-refractivity contribution is -0.140. The minimum Gasteiger partial charge on any atom is -0.480 e. The molecule has 0 spiro atoms. The first-order chi connectivity index (χ1) is 6.13. The predicted octanol–water partition coefficient (Wildman–Crippen LogP) is 2.77. The van der Waals surface area contributed by atoms with Crippen molar-refractivity contribution in [2.24, 2.45) is 5.92 Å². The van der Waals surface area contributed by atoms with Crippen molar-refractivity contribution in [2.45, 2.75) is 44.3 Å². The lowest BCUT2D eigenvalue weighted by atomic mass is 9.97. The lowest BCUT2D eigenvalue weighted by Gasteiger charge is -2.28. The topological polar surface area (TPSA) is 37.3 Å². The molecule has 2 atom stereocenters. The van der Waals surface area contributed by atoms with Gasteiger partial charge in [0.25, 0.3) is 0 Å². The van der Waals surface area contributed by atoms with Gasteiger partial charge in [0.1, 0.15) is 4.75 Å². The molecule has 76 valence electrons. The maximum Gasteiger partial charge on any atom is 0.320 e. The average molecular weight is 202 g/mol. The van der Waals surface area contributed by atoms with Crippen LogP contribution in [0.1, 0.15) is 39.5 Å². The summed E-state index contributed by atoms with van der Waals surface area (Å²) in [6.07, 6.45) is 4.06. The highest BCUT2D eigenvalue weighted by Crippen LogP contribution is 2.46. The number of aliphatic carboxylic acids is 1. The molecular formula is C10H18O2S. The molecule has 0 aromatic carbocycles. The van der Waals surface area contributed by atoms with E-state index in [9.17, 15) is 9.90 Å². The van der Waals surface area contributed by atoms with E-state index in [0.717, 1.165) is 31.4 Å². The summed E-state index contributed by atoms with van der Waals surface area (Å²) in [5.74, 6) is 0.703. The summed E-state index contributed by atoms with van der Waals surface area (Å²) in [5, 5.41) is 9.24. The summed E-state index contributed by atoms with van der Waals surface area (Å²) in [4.78, 5) is 11.2. The van der Waals surface area contributed by atoms with Gasteiger partial charge in [-0.15, -0.1) is 11.8 Å². The van der Waals surface area contributed by atoms with Crippen molar-refractivity contribution in [2.75, 3.05) is 5.75 Å². The second-order valence-electron chi connectivity index (χ2n) is 3.84. The van der Waals surface area contributed by atoms with Crippen LogP contribution in [0.5, 0.6) is 0 Å². The van der Waals surface area contributed by atoms with Crippen LogP contribution in [0.4, 0.5) is 0 Å². The van der Waals surface area contributed by atoms with E-state index < -0.39 is 10.7 Å². The monoisotopic (exact) mass is 202 g/mol. The first-order valence-corrected chi connectivity index (χ1v) is 5.99. The van der Waals surface area contributed by atoms with E-state index in [0.29, 0.717) is 5.92 Å². The summed E-state index contributed by atoms with van der Waals surface area (Å²) < 4.78 is -0.462. The quantitative estimate of drug-likeness (QED) is 0.761. The van der Waals surface area contributed by atoms with Crippen LogP contribution in [0.25, 0.3) is 0 Å². The van der Waals surface area contributed by atoms with Crippen LogP contribution >= 0.6 is 11.8 Å². The molecule has 2 unspecified atom stereocenters. The Morgan fingerprint density at radius 1 is 1.69 bits per heavy atom. The lowest BCUT2D eigenvalue weighted by Crippen LogP contribution is -2.37. The number of hydrogen-bond donors (Lipinski definition) is 1. The van der Waals surface area contributed by atoms with Crippen LogP contribution < -0.4 is 0 Å². The fourth-order valence-electron chi connectivity index (χ4n) is 2.03. The molecule has 1 aliphatic carbocycles. The Morgan fingerprint density at radius 2 is 2.38 bits per heavy atom. The fraction of sp³-hybridized carbons (Fsp3) is 0.900. The molecule has 3 heteroatoms. The van der Waals surface area contributed by atoms with Gasteiger partial charge in [-0.25, -0.2) is 0 Å². The molecule has 1 N–H and O–H groups in total. The minimum absolute atomic E-state index is 0.335. The van der Waals surface area contributed by atoms with Crippen LogP contribution in [-0.4, -0.2) is 21.6 Å². The smallest absolute Gasteiger partial charge is 0.320 e. The summed E-state index contributed by atoms with van der Waals surface area (Å²) >= 11 is 1.65. The second kappa shape index (κ2) is 4.36. The molecule has 0 radical (unpaired) electrons. The van der Waals surface area contributed by atoms with Crippen molar-refractivity contribution in [1.82, 2.24) is 0 Å². The highest BCUT2D eigenvalue weighted by atomic mass is 32.2. The molecular weight excluding hydrogens is 184 g/mol. The Bertz CT molecular complexity index is 193. The maximum atomic E-state index is 11.2. The zero-order chi connectivity index (χ0) is 9.90. The van der Waals surface area contributed by atoms with Gasteiger partial charge in [0, 0.05) is 0 Å². The van der Waals surface area contributed by atoms with E-state index >= 15 is 0 Å². The van der Waals surface area contributed by atoms with Gasteiger partial charge >= 0.3 is 5.97 Å². The number of carboxylic acids is 1. The number of hydrogen-bond acceptors (Lipinski definition) is 2. The van der Waals surface area contributed by atoms with Gasteiger partial charge in [0.05, 0.1) is 0 Å². The van der Waals surface area contributed by atoms with Gasteiger partial charge < -0.3 is 5.11 Å². The largest absolute Gasteiger partial charge is 0.480 e. The minimum atomic E-state index is -0.601. The third-order valence-corrected chi connectivity index (χ3v) is 4.82. The maximum absolute atomic E-state index is 11.2. The van der Waals surface area contributed by atoms with Gasteiger partial charge in [-0.2, -0.15) is 0 Å². The van der Waals surface area contributed by atoms with Gasteiger partial charge in [0.15, 0.2) is 0 Å². The Morgan fingerprint density at radius 3 is 2.77 bits per heavy atom. The molecule has 0 amide bonds. The van der Waals surface area contributed by atoms with Crippen molar-refractivity contribution in [3.63, 3.8) is 0 Å². The Hall–Kier alpha value is -0.180. The van der Waals surface area contributed by atoms with Crippen LogP contribution in [0.2, 0.25) is 0 Å². The van der Waals surface area contributed by atoms with Crippen molar-refractivity contribution in [3.8, 4) is 0 Å². The SMILES string of the molecule is CCCSC1(C(=O)O)CCCC1C. The summed E-state index contributed by atoms with van der Waals surface area (Å²) in [6, 6.07) is 0. The predicted molar refractivity (Wildman–Crippen MR) is 56.1 cm³/mol. The third-order valence-electron chi connectivity index (χ3n) is 2.91. The van der Waals surface area contributed by atoms with Crippen molar-refractivity contribution >= 4 is 17.7 Å². The molecule has 1 rings (SSSR count). The molecule has 0 aliphatic heterocycles. The van der Waals surface area contributed by atoms with Gasteiger partial charge in [-0.05, 0) is 30.9 Å². The number of carboxylic acid groups (broad SMARTS) is 1. The molecule has 1 fully saturated rings. The molecule has 2 nitrogen and oxygen atoms in total. The van der Waals surface area contributed by atoms with E-state index in [2.05, 4.69) is 13.8 Å². The third kappa shape index (κ3) is 2.01. The number of rotatable bonds is 4. The van der Waals surface area contributed by atoms with E-state index in [4.69, 9.17) is 0 Å². The summed E-state index contributed by atoms with van der Waals surface area (Å²) in [5.41, 5.74) is 0. The molecule has 1 aliphatic rings. The first-order valence-electron chi connectivity index (χ1n) is 5.01. The Labute approximate surface area is 84.1 Å². The van der Waals surface area contributed by atoms with Gasteiger partial charge in [0.2, 0.25) is 0 Å². The highest BCUT2D eigenvalue weighted by Gasteiger charge is 2.47. The fourth-order valence-corrected chi connectivity index (χ4v) is 3.41. The second-order valence-corrected chi connectivity index (χ2v) is 5.26. The molecule has 13 heavy (non-hydrogen) atoms. The number of carbonyl (C=O) groups is 1. The van der Waals surface area contributed by atoms with Crippen LogP contribution in [0.3, 0.4) is 0 Å². The first kappa shape index (κ1) is 10.9. The standard InChI is InChI=1S/C10H18O2S/c1-3-7-13-10(9(11)12)6-4-5-8(10)2/h8H,3-7H2,1-2H3,(H,11,12). The molecule has 1 saturated carbocycles. The summed E-state index contributed by atoms with van der Waals surface area (Å²) in [6.45, 7) is 4.17. The van der Waals surface area contributed by atoms with Gasteiger partial charge in [-0.1, -0.05) is 20.3 Å². The van der Waals surface area contributed by atoms with E-state index in [1.807, 2.05) is 0 Å². The number of thioether (sulfide) groups is 1. The molecule has 0 saturated heterocycles.